The molecule has 3 heterocycles. The van der Waals surface area contributed by atoms with Gasteiger partial charge in [0.2, 0.25) is 0 Å². The summed E-state index contributed by atoms with van der Waals surface area (Å²) in [5, 5.41) is 99.0. The summed E-state index contributed by atoms with van der Waals surface area (Å²) < 4.78 is 31.9. The first kappa shape index (κ1) is 43.5. The highest BCUT2D eigenvalue weighted by Crippen LogP contribution is 2.76. The Bertz CT molecular complexity index is 1430. The quantitative estimate of drug-likeness (QED) is 0.167. The number of rotatable bonds is 7. The average molecular weight is 801 g/mol. The van der Waals surface area contributed by atoms with E-state index in [2.05, 4.69) is 41.5 Å². The molecule has 7 fully saturated rings. The number of hydrogen-bond donors (Lipinski definition) is 9. The highest BCUT2D eigenvalue weighted by atomic mass is 16.8. The van der Waals surface area contributed by atoms with Gasteiger partial charge in [0, 0.05) is 5.92 Å². The molecule has 9 N–H and O–H groups in total. The van der Waals surface area contributed by atoms with Crippen LogP contribution >= 0.6 is 0 Å². The first-order valence-electron chi connectivity index (χ1n) is 21.2. The largest absolute Gasteiger partial charge is 0.394 e. The number of ether oxygens (including phenoxy) is 5. The van der Waals surface area contributed by atoms with E-state index >= 15 is 0 Å². The van der Waals surface area contributed by atoms with Gasteiger partial charge in [0.1, 0.15) is 30.5 Å². The zero-order valence-electron chi connectivity index (χ0n) is 34.8. The van der Waals surface area contributed by atoms with Crippen molar-refractivity contribution in [3.05, 3.63) is 0 Å². The Balaban J connectivity index is 1.26. The first-order valence-corrected chi connectivity index (χ1v) is 21.2. The summed E-state index contributed by atoms with van der Waals surface area (Å²) in [4.78, 5) is 0. The lowest BCUT2D eigenvalue weighted by Crippen LogP contribution is -2.71. The van der Waals surface area contributed by atoms with Crippen LogP contribution in [0.25, 0.3) is 0 Å². The fourth-order valence-electron chi connectivity index (χ4n) is 14.1. The predicted octanol–water partition coefficient (Wildman–Crippen LogP) is 1.56. The van der Waals surface area contributed by atoms with Crippen molar-refractivity contribution < 1.29 is 69.6 Å². The fraction of sp³-hybridized carbons (Fsp3) is 1.00. The lowest BCUT2D eigenvalue weighted by atomic mass is 9.34. The van der Waals surface area contributed by atoms with Gasteiger partial charge in [-0.15, -0.1) is 0 Å². The molecule has 0 spiro atoms. The third kappa shape index (κ3) is 6.49. The second-order valence-corrected chi connectivity index (χ2v) is 21.3. The van der Waals surface area contributed by atoms with Crippen LogP contribution in [-0.4, -0.2) is 144 Å². The van der Waals surface area contributed by atoms with Gasteiger partial charge in [-0.25, -0.2) is 0 Å². The molecule has 4 unspecified atom stereocenters. The molecule has 56 heavy (non-hydrogen) atoms. The van der Waals surface area contributed by atoms with Gasteiger partial charge < -0.3 is 69.6 Å². The lowest BCUT2D eigenvalue weighted by Gasteiger charge is -2.72. The summed E-state index contributed by atoms with van der Waals surface area (Å²) in [5.74, 6) is -1.08. The molecule has 14 heteroatoms. The highest BCUT2D eigenvalue weighted by molar-refractivity contribution is 5.22. The molecule has 7 aliphatic rings. The van der Waals surface area contributed by atoms with E-state index in [1.807, 2.05) is 0 Å². The minimum Gasteiger partial charge on any atom is -0.394 e. The average Bonchev–Trinajstić information content (AvgIpc) is 3.71. The molecule has 22 atom stereocenters. The van der Waals surface area contributed by atoms with Gasteiger partial charge in [-0.05, 0) is 117 Å². The zero-order valence-corrected chi connectivity index (χ0v) is 34.8. The Morgan fingerprint density at radius 2 is 1.43 bits per heavy atom. The van der Waals surface area contributed by atoms with Crippen molar-refractivity contribution >= 4 is 0 Å². The number of hydrogen-bond acceptors (Lipinski definition) is 14. The Morgan fingerprint density at radius 1 is 0.750 bits per heavy atom. The molecule has 3 saturated heterocycles. The van der Waals surface area contributed by atoms with E-state index in [1.165, 1.54) is 0 Å². The van der Waals surface area contributed by atoms with Gasteiger partial charge in [-0.3, -0.25) is 0 Å². The van der Waals surface area contributed by atoms with E-state index in [9.17, 15) is 46.0 Å². The second-order valence-electron chi connectivity index (χ2n) is 21.3. The van der Waals surface area contributed by atoms with E-state index in [1.54, 1.807) is 20.8 Å². The zero-order chi connectivity index (χ0) is 41.3. The summed E-state index contributed by atoms with van der Waals surface area (Å²) in [5.41, 5.74) is -3.32. The SMILES string of the molecule is CC1[C@H](OC2[C@H](O[C@H]3C[C@]4(C)[C@H](C[C@@H](O)[C@@H]5[C@@H]([C@]6(C)CC[C@H](C(C)(C)O)O6)CC[C@]54C)[C@@]4(C)CC[C@H](O)C(C)(C)[C@H]34)OC(CO)[C@@H](O)[C@H]2O)OC(O)[C@H](O)[C@H]1O. The van der Waals surface area contributed by atoms with Crippen molar-refractivity contribution in [2.45, 2.75) is 205 Å². The topological polar surface area (TPSA) is 228 Å². The van der Waals surface area contributed by atoms with Crippen LogP contribution in [0.2, 0.25) is 0 Å². The smallest absolute Gasteiger partial charge is 0.187 e. The lowest BCUT2D eigenvalue weighted by molar-refractivity contribution is -0.390. The highest BCUT2D eigenvalue weighted by Gasteiger charge is 2.74. The minimum atomic E-state index is -1.77. The van der Waals surface area contributed by atoms with Crippen molar-refractivity contribution in [3.63, 3.8) is 0 Å². The van der Waals surface area contributed by atoms with Crippen LogP contribution in [0, 0.1) is 51.2 Å². The number of fused-ring (bicyclic) bond motifs is 5. The molecule has 0 radical (unpaired) electrons. The maximum Gasteiger partial charge on any atom is 0.187 e. The van der Waals surface area contributed by atoms with Crippen LogP contribution in [-0.2, 0) is 23.7 Å². The monoisotopic (exact) mass is 800 g/mol. The van der Waals surface area contributed by atoms with Gasteiger partial charge >= 0.3 is 0 Å². The van der Waals surface area contributed by atoms with Gasteiger partial charge in [0.25, 0.3) is 0 Å². The normalized spacial score (nSPS) is 57.3. The van der Waals surface area contributed by atoms with Crippen molar-refractivity contribution in [1.29, 1.82) is 0 Å². The first-order chi connectivity index (χ1) is 25.9. The van der Waals surface area contributed by atoms with E-state index in [0.29, 0.717) is 25.7 Å². The van der Waals surface area contributed by atoms with Crippen molar-refractivity contribution in [2.75, 3.05) is 6.61 Å². The van der Waals surface area contributed by atoms with Crippen LogP contribution in [0.4, 0.5) is 0 Å². The molecule has 7 rings (SSSR count). The molecule has 0 aromatic heterocycles. The summed E-state index contributed by atoms with van der Waals surface area (Å²) in [7, 11) is 0. The molecule has 3 aliphatic heterocycles. The third-order valence-electron chi connectivity index (χ3n) is 17.4. The standard InChI is InChI=1S/C42H72O14/c1-19-28(46)31(49)34(50)55-35(19)54-32-30(48)29(47)23(18-43)53-36(32)52-22-17-41(8)24(39(6)13-11-25(45)37(2,3)33(22)39)16-21(44)27-20(10-14-40(27,41)7)42(9)15-12-26(56-42)38(4,5)51/h19-36,43-51H,10-18H2,1-9H3/t19?,20-,21+,22-,23?,24+,25-,26+,27-,28-,29+,30+,31+,32?,33-,34?,35+,36+,39+,40+,41+,42-/m0/s1. The number of aliphatic hydroxyl groups is 9. The molecule has 0 bridgehead atoms. The predicted molar refractivity (Wildman–Crippen MR) is 200 cm³/mol. The summed E-state index contributed by atoms with van der Waals surface area (Å²) >= 11 is 0. The van der Waals surface area contributed by atoms with Crippen LogP contribution < -0.4 is 0 Å². The fourth-order valence-corrected chi connectivity index (χ4v) is 14.1. The molecular formula is C42H72O14. The Kier molecular flexibility index (Phi) is 11.3. The molecule has 0 aromatic rings. The van der Waals surface area contributed by atoms with E-state index in [0.717, 1.165) is 25.7 Å². The third-order valence-corrected chi connectivity index (χ3v) is 17.4. The van der Waals surface area contributed by atoms with Gasteiger partial charge in [0.15, 0.2) is 18.9 Å². The molecule has 14 nitrogen and oxygen atoms in total. The Labute approximate surface area is 331 Å². The maximum atomic E-state index is 12.4. The molecular weight excluding hydrogens is 728 g/mol. The Morgan fingerprint density at radius 3 is 2.05 bits per heavy atom. The van der Waals surface area contributed by atoms with E-state index < -0.39 is 114 Å². The molecule has 324 valence electrons. The van der Waals surface area contributed by atoms with E-state index in [4.69, 9.17) is 23.7 Å². The van der Waals surface area contributed by atoms with Gasteiger partial charge in [-0.2, -0.15) is 0 Å². The number of aliphatic hydroxyl groups excluding tert-OH is 8. The summed E-state index contributed by atoms with van der Waals surface area (Å²) in [6, 6.07) is 0. The van der Waals surface area contributed by atoms with Crippen LogP contribution in [0.15, 0.2) is 0 Å². The van der Waals surface area contributed by atoms with Gasteiger partial charge in [-0.1, -0.05) is 41.5 Å². The summed E-state index contributed by atoms with van der Waals surface area (Å²) in [6.07, 6.45) is -9.74. The minimum absolute atomic E-state index is 0.0604. The second kappa shape index (κ2) is 14.5. The van der Waals surface area contributed by atoms with Crippen molar-refractivity contribution in [2.24, 2.45) is 51.2 Å². The molecule has 0 aromatic carbocycles. The van der Waals surface area contributed by atoms with Crippen LogP contribution in [0.1, 0.15) is 114 Å². The van der Waals surface area contributed by atoms with E-state index in [-0.39, 0.29) is 35.2 Å². The van der Waals surface area contributed by atoms with Crippen molar-refractivity contribution in [1.82, 2.24) is 0 Å². The summed E-state index contributed by atoms with van der Waals surface area (Å²) in [6.45, 7) is 17.7. The molecule has 0 amide bonds. The van der Waals surface area contributed by atoms with Crippen LogP contribution in [0.5, 0.6) is 0 Å². The maximum absolute atomic E-state index is 12.4. The molecule has 4 saturated carbocycles. The Hall–Kier alpha value is -0.560. The van der Waals surface area contributed by atoms with Crippen molar-refractivity contribution in [3.8, 4) is 0 Å². The molecule has 4 aliphatic carbocycles. The van der Waals surface area contributed by atoms with Crippen LogP contribution in [0.3, 0.4) is 0 Å². The van der Waals surface area contributed by atoms with Gasteiger partial charge in [0.05, 0.1) is 48.3 Å².